The van der Waals surface area contributed by atoms with Gasteiger partial charge in [-0.15, -0.1) is 0 Å². The average molecular weight is 542 g/mol. The lowest BCUT2D eigenvalue weighted by atomic mass is 10.00. The molecule has 0 spiro atoms. The Labute approximate surface area is 194 Å². The van der Waals surface area contributed by atoms with E-state index in [1.165, 1.54) is 37.6 Å². The Hall–Kier alpha value is -2.68. The first-order valence-electron chi connectivity index (χ1n) is 9.53. The van der Waals surface area contributed by atoms with Crippen molar-refractivity contribution in [2.45, 2.75) is 11.8 Å². The summed E-state index contributed by atoms with van der Waals surface area (Å²) in [4.78, 5) is -0.0666. The lowest BCUT2D eigenvalue weighted by Crippen LogP contribution is -1.96. The van der Waals surface area contributed by atoms with Gasteiger partial charge in [-0.05, 0) is 77.0 Å². The highest BCUT2D eigenvalue weighted by molar-refractivity contribution is 14.1. The van der Waals surface area contributed by atoms with Crippen LogP contribution in [0, 0.1) is 10.5 Å². The molecule has 0 bridgehead atoms. The van der Waals surface area contributed by atoms with Gasteiger partial charge in [0.05, 0.1) is 4.90 Å². The average Bonchev–Trinajstić information content (AvgIpc) is 3.13. The van der Waals surface area contributed by atoms with E-state index < -0.39 is 10.1 Å². The largest absolute Gasteiger partial charge is 0.456 e. The lowest BCUT2D eigenvalue weighted by Gasteiger charge is -2.04. The maximum atomic E-state index is 10.5. The van der Waals surface area contributed by atoms with E-state index in [1.54, 1.807) is 12.1 Å². The zero-order chi connectivity index (χ0) is 22.0. The van der Waals surface area contributed by atoms with Crippen LogP contribution in [0.4, 0.5) is 0 Å². The van der Waals surface area contributed by atoms with Crippen molar-refractivity contribution in [1.82, 2.24) is 0 Å². The predicted octanol–water partition coefficient (Wildman–Crippen LogP) is 7.10. The fourth-order valence-electron chi connectivity index (χ4n) is 3.38. The van der Waals surface area contributed by atoms with Gasteiger partial charge in [0.2, 0.25) is 0 Å². The molecule has 0 radical (unpaired) electrons. The van der Waals surface area contributed by atoms with E-state index in [9.17, 15) is 8.42 Å². The van der Waals surface area contributed by atoms with Crippen molar-refractivity contribution in [3.8, 4) is 11.1 Å². The number of fused-ring (bicyclic) bond motifs is 3. The number of furan rings is 1. The van der Waals surface area contributed by atoms with Crippen molar-refractivity contribution >= 4 is 54.6 Å². The first-order chi connectivity index (χ1) is 14.8. The first kappa shape index (κ1) is 21.5. The van der Waals surface area contributed by atoms with E-state index in [0.29, 0.717) is 0 Å². The van der Waals surface area contributed by atoms with E-state index in [-0.39, 0.29) is 4.90 Å². The standard InChI is InChI=1S/C18H11IO.C7H8O3S/c19-13-6-3-5-12(11-13)14-8-4-10-17-18(14)15-7-1-2-9-16(15)20-17;1-6-2-4-7(5-3-6)11(8,9)10/h1-11H;2-5H,1H3,(H,8,9,10). The summed E-state index contributed by atoms with van der Waals surface area (Å²) < 4.78 is 36.7. The number of aryl methyl sites for hydroxylation is 1. The number of hydrogen-bond acceptors (Lipinski definition) is 3. The van der Waals surface area contributed by atoms with E-state index in [1.807, 2.05) is 25.1 Å². The highest BCUT2D eigenvalue weighted by Gasteiger charge is 2.11. The molecule has 0 aliphatic rings. The molecule has 0 saturated carbocycles. The molecule has 4 aromatic carbocycles. The van der Waals surface area contributed by atoms with Crippen molar-refractivity contribution in [2.24, 2.45) is 0 Å². The lowest BCUT2D eigenvalue weighted by molar-refractivity contribution is 0.483. The van der Waals surface area contributed by atoms with Crippen LogP contribution in [0.25, 0.3) is 33.1 Å². The van der Waals surface area contributed by atoms with Gasteiger partial charge in [-0.3, -0.25) is 4.55 Å². The Kier molecular flexibility index (Phi) is 6.13. The normalized spacial score (nSPS) is 11.3. The molecule has 1 aromatic heterocycles. The third-order valence-corrected chi connectivity index (χ3v) is 6.40. The minimum atomic E-state index is -4.02. The smallest absolute Gasteiger partial charge is 0.294 e. The summed E-state index contributed by atoms with van der Waals surface area (Å²) in [7, 11) is -4.02. The molecule has 4 nitrogen and oxygen atoms in total. The van der Waals surface area contributed by atoms with E-state index >= 15 is 0 Å². The van der Waals surface area contributed by atoms with Crippen molar-refractivity contribution in [3.05, 3.63) is 100 Å². The molecular weight excluding hydrogens is 523 g/mol. The van der Waals surface area contributed by atoms with Crippen LogP contribution < -0.4 is 0 Å². The number of benzene rings is 4. The predicted molar refractivity (Wildman–Crippen MR) is 133 cm³/mol. The van der Waals surface area contributed by atoms with Crippen LogP contribution in [-0.4, -0.2) is 13.0 Å². The number of rotatable bonds is 2. The second-order valence-electron chi connectivity index (χ2n) is 7.08. The molecule has 0 atom stereocenters. The summed E-state index contributed by atoms with van der Waals surface area (Å²) in [5, 5.41) is 2.38. The van der Waals surface area contributed by atoms with Gasteiger partial charge < -0.3 is 4.42 Å². The van der Waals surface area contributed by atoms with Gasteiger partial charge in [-0.2, -0.15) is 8.42 Å². The zero-order valence-electron chi connectivity index (χ0n) is 16.6. The Morgan fingerprint density at radius 2 is 1.48 bits per heavy atom. The van der Waals surface area contributed by atoms with Gasteiger partial charge in [-0.1, -0.05) is 60.2 Å². The van der Waals surface area contributed by atoms with Crippen LogP contribution in [0.15, 0.2) is 100 Å². The van der Waals surface area contributed by atoms with E-state index in [4.69, 9.17) is 8.97 Å². The number of hydrogen-bond donors (Lipinski definition) is 1. The zero-order valence-corrected chi connectivity index (χ0v) is 19.6. The molecule has 6 heteroatoms. The van der Waals surface area contributed by atoms with Crippen molar-refractivity contribution in [1.29, 1.82) is 0 Å². The Bertz CT molecular complexity index is 1470. The molecular formula is C25H19IO4S. The fraction of sp³-hybridized carbons (Fsp3) is 0.0400. The summed E-state index contributed by atoms with van der Waals surface area (Å²) in [5.41, 5.74) is 5.31. The molecule has 156 valence electrons. The molecule has 5 rings (SSSR count). The van der Waals surface area contributed by atoms with Crippen LogP contribution in [0.2, 0.25) is 0 Å². The summed E-state index contributed by atoms with van der Waals surface area (Å²) >= 11 is 2.35. The Morgan fingerprint density at radius 3 is 2.19 bits per heavy atom. The number of halogens is 1. The number of para-hydroxylation sites is 1. The highest BCUT2D eigenvalue weighted by atomic mass is 127. The van der Waals surface area contributed by atoms with Gasteiger partial charge in [0.1, 0.15) is 11.2 Å². The van der Waals surface area contributed by atoms with Gasteiger partial charge >= 0.3 is 0 Å². The molecule has 1 N–H and O–H groups in total. The molecule has 0 unspecified atom stereocenters. The van der Waals surface area contributed by atoms with Crippen molar-refractivity contribution in [3.63, 3.8) is 0 Å². The molecule has 0 fully saturated rings. The molecule has 31 heavy (non-hydrogen) atoms. The van der Waals surface area contributed by atoms with Crippen molar-refractivity contribution < 1.29 is 17.4 Å². The van der Waals surface area contributed by atoms with Crippen LogP contribution in [0.3, 0.4) is 0 Å². The second-order valence-corrected chi connectivity index (χ2v) is 9.74. The minimum Gasteiger partial charge on any atom is -0.456 e. The Balaban J connectivity index is 0.000000180. The van der Waals surface area contributed by atoms with Gasteiger partial charge in [0.25, 0.3) is 10.1 Å². The van der Waals surface area contributed by atoms with Gasteiger partial charge in [0.15, 0.2) is 0 Å². The summed E-state index contributed by atoms with van der Waals surface area (Å²) in [6, 6.07) is 29.0. The molecule has 0 aliphatic heterocycles. The SMILES string of the molecule is Cc1ccc(S(=O)(=O)O)cc1.Ic1cccc(-c2cccc3oc4ccccc4c23)c1. The van der Waals surface area contributed by atoms with E-state index in [2.05, 4.69) is 71.1 Å². The van der Waals surface area contributed by atoms with Gasteiger partial charge in [-0.25, -0.2) is 0 Å². The third-order valence-electron chi connectivity index (χ3n) is 4.86. The fourth-order valence-corrected chi connectivity index (χ4v) is 4.40. The quantitative estimate of drug-likeness (QED) is 0.191. The molecule has 0 aliphatic carbocycles. The van der Waals surface area contributed by atoms with Crippen LogP contribution in [0.1, 0.15) is 5.56 Å². The maximum Gasteiger partial charge on any atom is 0.294 e. The maximum absolute atomic E-state index is 10.5. The molecule has 1 heterocycles. The Morgan fingerprint density at radius 1 is 0.806 bits per heavy atom. The van der Waals surface area contributed by atoms with Crippen LogP contribution in [-0.2, 0) is 10.1 Å². The van der Waals surface area contributed by atoms with Crippen LogP contribution in [0.5, 0.6) is 0 Å². The molecule has 5 aromatic rings. The molecule has 0 saturated heterocycles. The van der Waals surface area contributed by atoms with Gasteiger partial charge in [0, 0.05) is 14.3 Å². The topological polar surface area (TPSA) is 67.5 Å². The second kappa shape index (κ2) is 8.82. The van der Waals surface area contributed by atoms with Crippen molar-refractivity contribution in [2.75, 3.05) is 0 Å². The minimum absolute atomic E-state index is 0.0666. The summed E-state index contributed by atoms with van der Waals surface area (Å²) in [6.07, 6.45) is 0. The van der Waals surface area contributed by atoms with E-state index in [0.717, 1.165) is 16.7 Å². The van der Waals surface area contributed by atoms with Crippen LogP contribution >= 0.6 is 22.6 Å². The summed E-state index contributed by atoms with van der Waals surface area (Å²) in [5.74, 6) is 0. The third kappa shape index (κ3) is 4.81. The highest BCUT2D eigenvalue weighted by Crippen LogP contribution is 2.36. The first-order valence-corrected chi connectivity index (χ1v) is 12.1. The summed E-state index contributed by atoms with van der Waals surface area (Å²) in [6.45, 7) is 1.84. The monoisotopic (exact) mass is 542 g/mol. The molecule has 0 amide bonds.